The first-order chi connectivity index (χ1) is 8.15. The molecule has 4 nitrogen and oxygen atoms in total. The van der Waals surface area contributed by atoms with Crippen LogP contribution in [0.15, 0.2) is 36.9 Å². The lowest BCUT2D eigenvalue weighted by Crippen LogP contribution is -2.03. The van der Waals surface area contributed by atoms with E-state index in [9.17, 15) is 4.79 Å². The van der Waals surface area contributed by atoms with Crippen LogP contribution in [0.2, 0.25) is 0 Å². The van der Waals surface area contributed by atoms with E-state index in [2.05, 4.69) is 27.6 Å². The minimum absolute atomic E-state index is 0.0730. The summed E-state index contributed by atoms with van der Waals surface area (Å²) >= 11 is 2.17. The van der Waals surface area contributed by atoms with Crippen molar-refractivity contribution in [1.29, 1.82) is 0 Å². The SMILES string of the molecule is O=C(O)Cc1ccc(Cn2ccnc2)cc1I. The van der Waals surface area contributed by atoms with Crippen LogP contribution in [0.25, 0.3) is 0 Å². The van der Waals surface area contributed by atoms with Crippen molar-refractivity contribution in [3.05, 3.63) is 51.6 Å². The van der Waals surface area contributed by atoms with Crippen molar-refractivity contribution < 1.29 is 9.90 Å². The summed E-state index contributed by atoms with van der Waals surface area (Å²) in [6.07, 6.45) is 5.48. The maximum atomic E-state index is 10.6. The summed E-state index contributed by atoms with van der Waals surface area (Å²) in [6.45, 7) is 0.753. The molecule has 2 rings (SSSR count). The van der Waals surface area contributed by atoms with Gasteiger partial charge < -0.3 is 9.67 Å². The number of aromatic nitrogens is 2. The second-order valence-corrected chi connectivity index (χ2v) is 4.89. The highest BCUT2D eigenvalue weighted by atomic mass is 127. The molecule has 0 bridgehead atoms. The van der Waals surface area contributed by atoms with Crippen molar-refractivity contribution in [2.45, 2.75) is 13.0 Å². The summed E-state index contributed by atoms with van der Waals surface area (Å²) < 4.78 is 2.96. The third kappa shape index (κ3) is 3.29. The predicted octanol–water partition coefficient (Wildman–Crippen LogP) is 2.16. The molecule has 0 amide bonds. The fraction of sp³-hybridized carbons (Fsp3) is 0.167. The van der Waals surface area contributed by atoms with E-state index in [1.165, 1.54) is 0 Å². The number of nitrogens with zero attached hydrogens (tertiary/aromatic N) is 2. The molecule has 17 heavy (non-hydrogen) atoms. The molecule has 1 heterocycles. The molecule has 1 N–H and O–H groups in total. The zero-order valence-electron chi connectivity index (χ0n) is 9.01. The molecule has 0 fully saturated rings. The Labute approximate surface area is 112 Å². The van der Waals surface area contributed by atoms with Crippen molar-refractivity contribution >= 4 is 28.6 Å². The van der Waals surface area contributed by atoms with Gasteiger partial charge in [-0.15, -0.1) is 0 Å². The van der Waals surface area contributed by atoms with Crippen LogP contribution >= 0.6 is 22.6 Å². The lowest BCUT2D eigenvalue weighted by molar-refractivity contribution is -0.136. The minimum atomic E-state index is -0.801. The standard InChI is InChI=1S/C12H11IN2O2/c13-11-5-9(7-15-4-3-14-8-15)1-2-10(11)6-12(16)17/h1-5,8H,6-7H2,(H,16,17). The van der Waals surface area contributed by atoms with E-state index in [-0.39, 0.29) is 6.42 Å². The van der Waals surface area contributed by atoms with Gasteiger partial charge in [0.2, 0.25) is 0 Å². The van der Waals surface area contributed by atoms with Gasteiger partial charge in [-0.25, -0.2) is 4.98 Å². The number of carboxylic acid groups (broad SMARTS) is 1. The Morgan fingerprint density at radius 1 is 1.47 bits per heavy atom. The van der Waals surface area contributed by atoms with Crippen LogP contribution in [0.3, 0.4) is 0 Å². The van der Waals surface area contributed by atoms with E-state index in [1.54, 1.807) is 12.5 Å². The number of halogens is 1. The van der Waals surface area contributed by atoms with Gasteiger partial charge in [0.15, 0.2) is 0 Å². The minimum Gasteiger partial charge on any atom is -0.481 e. The first-order valence-corrected chi connectivity index (χ1v) is 6.18. The second kappa shape index (κ2) is 5.31. The summed E-state index contributed by atoms with van der Waals surface area (Å²) in [4.78, 5) is 14.6. The molecule has 0 aliphatic rings. The largest absolute Gasteiger partial charge is 0.481 e. The molecule has 0 unspecified atom stereocenters. The van der Waals surface area contributed by atoms with Gasteiger partial charge in [0.1, 0.15) is 0 Å². The summed E-state index contributed by atoms with van der Waals surface area (Å²) in [5.41, 5.74) is 1.99. The first-order valence-electron chi connectivity index (χ1n) is 5.10. The Morgan fingerprint density at radius 3 is 2.88 bits per heavy atom. The smallest absolute Gasteiger partial charge is 0.307 e. The zero-order valence-corrected chi connectivity index (χ0v) is 11.2. The van der Waals surface area contributed by atoms with Gasteiger partial charge in [-0.2, -0.15) is 0 Å². The molecule has 0 saturated heterocycles. The Bertz CT molecular complexity index is 523. The van der Waals surface area contributed by atoms with Gasteiger partial charge in [0, 0.05) is 22.5 Å². The number of imidazole rings is 1. The summed E-state index contributed by atoms with van der Waals surface area (Å²) in [7, 11) is 0. The Balaban J connectivity index is 2.16. The van der Waals surface area contributed by atoms with Gasteiger partial charge in [0.05, 0.1) is 12.7 Å². The monoisotopic (exact) mass is 342 g/mol. The van der Waals surface area contributed by atoms with E-state index in [1.807, 2.05) is 29.0 Å². The summed E-state index contributed by atoms with van der Waals surface area (Å²) in [5, 5.41) is 8.75. The fourth-order valence-electron chi connectivity index (χ4n) is 1.59. The number of hydrogen-bond donors (Lipinski definition) is 1. The van der Waals surface area contributed by atoms with Crippen LogP contribution in [0, 0.1) is 3.57 Å². The van der Waals surface area contributed by atoms with E-state index in [0.29, 0.717) is 0 Å². The average molecular weight is 342 g/mol. The topological polar surface area (TPSA) is 55.1 Å². The summed E-state index contributed by atoms with van der Waals surface area (Å²) in [5.74, 6) is -0.801. The van der Waals surface area contributed by atoms with Crippen molar-refractivity contribution in [2.75, 3.05) is 0 Å². The van der Waals surface area contributed by atoms with Crippen molar-refractivity contribution in [3.63, 3.8) is 0 Å². The summed E-state index contributed by atoms with van der Waals surface area (Å²) in [6, 6.07) is 5.85. The molecule has 2 aromatic rings. The van der Waals surface area contributed by atoms with Crippen molar-refractivity contribution in [2.24, 2.45) is 0 Å². The molecule has 0 aliphatic carbocycles. The van der Waals surface area contributed by atoms with Crippen molar-refractivity contribution in [3.8, 4) is 0 Å². The third-order valence-electron chi connectivity index (χ3n) is 2.38. The number of rotatable bonds is 4. The van der Waals surface area contributed by atoms with Gasteiger partial charge in [-0.3, -0.25) is 4.79 Å². The van der Waals surface area contributed by atoms with Crippen molar-refractivity contribution in [1.82, 2.24) is 9.55 Å². The van der Waals surface area contributed by atoms with E-state index < -0.39 is 5.97 Å². The molecular weight excluding hydrogens is 331 g/mol. The molecule has 0 atom stereocenters. The van der Waals surface area contributed by atoms with Crippen LogP contribution in [-0.4, -0.2) is 20.6 Å². The molecule has 1 aromatic heterocycles. The number of aliphatic carboxylic acids is 1. The molecule has 5 heteroatoms. The molecule has 88 valence electrons. The average Bonchev–Trinajstić information content (AvgIpc) is 2.74. The Morgan fingerprint density at radius 2 is 2.29 bits per heavy atom. The highest BCUT2D eigenvalue weighted by Gasteiger charge is 2.06. The lowest BCUT2D eigenvalue weighted by atomic mass is 10.1. The van der Waals surface area contributed by atoms with E-state index in [0.717, 1.165) is 21.2 Å². The molecular formula is C12H11IN2O2. The number of benzene rings is 1. The maximum Gasteiger partial charge on any atom is 0.307 e. The van der Waals surface area contributed by atoms with Crippen LogP contribution in [0.1, 0.15) is 11.1 Å². The molecule has 0 saturated carbocycles. The Hall–Kier alpha value is -1.37. The Kier molecular flexibility index (Phi) is 3.78. The predicted molar refractivity (Wildman–Crippen MR) is 71.8 cm³/mol. The van der Waals surface area contributed by atoms with Gasteiger partial charge in [-0.05, 0) is 39.8 Å². The van der Waals surface area contributed by atoms with Crippen LogP contribution < -0.4 is 0 Å². The highest BCUT2D eigenvalue weighted by Crippen LogP contribution is 2.16. The molecule has 1 aromatic carbocycles. The van der Waals surface area contributed by atoms with Gasteiger partial charge in [0.25, 0.3) is 0 Å². The molecule has 0 aliphatic heterocycles. The van der Waals surface area contributed by atoms with Crippen LogP contribution in [-0.2, 0) is 17.8 Å². The molecule has 0 spiro atoms. The quantitative estimate of drug-likeness (QED) is 0.867. The molecule has 0 radical (unpaired) electrons. The highest BCUT2D eigenvalue weighted by molar-refractivity contribution is 14.1. The maximum absolute atomic E-state index is 10.6. The number of carboxylic acids is 1. The lowest BCUT2D eigenvalue weighted by Gasteiger charge is -2.06. The van der Waals surface area contributed by atoms with E-state index >= 15 is 0 Å². The zero-order chi connectivity index (χ0) is 12.3. The normalized spacial score (nSPS) is 10.4. The first kappa shape index (κ1) is 12.1. The van der Waals surface area contributed by atoms with Gasteiger partial charge in [-0.1, -0.05) is 12.1 Å². The van der Waals surface area contributed by atoms with Gasteiger partial charge >= 0.3 is 5.97 Å². The fourth-order valence-corrected chi connectivity index (χ4v) is 2.36. The number of carbonyl (C=O) groups is 1. The number of hydrogen-bond acceptors (Lipinski definition) is 2. The third-order valence-corrected chi connectivity index (χ3v) is 3.39. The van der Waals surface area contributed by atoms with Crippen LogP contribution in [0.5, 0.6) is 0 Å². The second-order valence-electron chi connectivity index (χ2n) is 3.73. The van der Waals surface area contributed by atoms with Crippen LogP contribution in [0.4, 0.5) is 0 Å². The van der Waals surface area contributed by atoms with E-state index in [4.69, 9.17) is 5.11 Å².